The van der Waals surface area contributed by atoms with E-state index in [4.69, 9.17) is 9.15 Å². The predicted molar refractivity (Wildman–Crippen MR) is 175 cm³/mol. The lowest BCUT2D eigenvalue weighted by atomic mass is 10.1. The van der Waals surface area contributed by atoms with Gasteiger partial charge in [-0.3, -0.25) is 9.59 Å². The first-order chi connectivity index (χ1) is 20.9. The number of hydrogen-bond acceptors (Lipinski definition) is 5. The average molecular weight is 725 g/mol. The standard InChI is InChI=1S/C33H39F2IN2O4S/c1-23-33(40)38(30-14-13-24(18-31(30)43-23)32(39)37-21-25-12-11-17-41-25)22-27-28(34)19-26(20-29(27)35)42-16-10-8-6-4-2-3-5-7-9-15-36/h11-14,17-20,23H,2-10,15-16,21-22H2,1H3,(H,37,39). The van der Waals surface area contributed by atoms with Crippen molar-refractivity contribution in [2.24, 2.45) is 0 Å². The molecule has 10 heteroatoms. The number of ether oxygens (including phenoxy) is 1. The van der Waals surface area contributed by atoms with Gasteiger partial charge in [-0.15, -0.1) is 11.8 Å². The number of anilines is 1. The number of alkyl halides is 1. The van der Waals surface area contributed by atoms with Crippen molar-refractivity contribution < 1.29 is 27.5 Å². The molecule has 1 atom stereocenters. The smallest absolute Gasteiger partial charge is 0.251 e. The van der Waals surface area contributed by atoms with Crippen LogP contribution in [0.1, 0.15) is 86.4 Å². The first-order valence-electron chi connectivity index (χ1n) is 15.0. The summed E-state index contributed by atoms with van der Waals surface area (Å²) in [7, 11) is 0. The van der Waals surface area contributed by atoms with Crippen LogP contribution in [0.15, 0.2) is 58.0 Å². The van der Waals surface area contributed by atoms with Crippen molar-refractivity contribution in [2.75, 3.05) is 15.9 Å². The molecule has 1 N–H and O–H groups in total. The Hall–Kier alpha value is -2.60. The number of halogens is 3. The first kappa shape index (κ1) is 33.3. The molecular formula is C33H39F2IN2O4S. The monoisotopic (exact) mass is 724 g/mol. The van der Waals surface area contributed by atoms with Crippen LogP contribution in [0.25, 0.3) is 0 Å². The average Bonchev–Trinajstić information content (AvgIpc) is 3.52. The highest BCUT2D eigenvalue weighted by molar-refractivity contribution is 14.1. The number of furan rings is 1. The summed E-state index contributed by atoms with van der Waals surface area (Å²) in [4.78, 5) is 27.9. The highest BCUT2D eigenvalue weighted by atomic mass is 127. The van der Waals surface area contributed by atoms with Gasteiger partial charge in [-0.05, 0) is 54.5 Å². The molecule has 0 bridgehead atoms. The van der Waals surface area contributed by atoms with Crippen molar-refractivity contribution in [1.29, 1.82) is 0 Å². The van der Waals surface area contributed by atoms with Crippen molar-refractivity contribution in [1.82, 2.24) is 5.32 Å². The van der Waals surface area contributed by atoms with Gasteiger partial charge in [0.1, 0.15) is 23.1 Å². The number of nitrogens with one attached hydrogen (secondary N) is 1. The number of unbranched alkanes of at least 4 members (excludes halogenated alkanes) is 8. The zero-order valence-electron chi connectivity index (χ0n) is 24.5. The number of rotatable bonds is 17. The number of benzene rings is 2. The van der Waals surface area contributed by atoms with Gasteiger partial charge in [0.25, 0.3) is 5.91 Å². The second kappa shape index (κ2) is 17.0. The van der Waals surface area contributed by atoms with E-state index in [9.17, 15) is 9.59 Å². The molecule has 1 aliphatic heterocycles. The van der Waals surface area contributed by atoms with E-state index in [0.717, 1.165) is 19.3 Å². The van der Waals surface area contributed by atoms with Gasteiger partial charge in [0.05, 0.1) is 36.9 Å². The van der Waals surface area contributed by atoms with Crippen LogP contribution in [-0.4, -0.2) is 28.1 Å². The minimum Gasteiger partial charge on any atom is -0.493 e. The number of fused-ring (bicyclic) bond motifs is 1. The van der Waals surface area contributed by atoms with Crippen LogP contribution in [0, 0.1) is 11.6 Å². The highest BCUT2D eigenvalue weighted by Crippen LogP contribution is 2.41. The lowest BCUT2D eigenvalue weighted by Gasteiger charge is -2.33. The Labute approximate surface area is 270 Å². The molecular weight excluding hydrogens is 685 g/mol. The molecule has 3 aromatic rings. The van der Waals surface area contributed by atoms with Gasteiger partial charge >= 0.3 is 0 Å². The zero-order valence-corrected chi connectivity index (χ0v) is 27.5. The molecule has 2 amide bonds. The topological polar surface area (TPSA) is 71.8 Å². The Morgan fingerprint density at radius 2 is 1.67 bits per heavy atom. The van der Waals surface area contributed by atoms with Gasteiger partial charge in [0.15, 0.2) is 0 Å². The van der Waals surface area contributed by atoms with Crippen molar-refractivity contribution in [3.63, 3.8) is 0 Å². The van der Waals surface area contributed by atoms with E-state index in [0.29, 0.717) is 28.5 Å². The zero-order chi connectivity index (χ0) is 30.6. The summed E-state index contributed by atoms with van der Waals surface area (Å²) < 4.78 is 42.4. The van der Waals surface area contributed by atoms with Crippen LogP contribution < -0.4 is 15.0 Å². The molecule has 1 aliphatic rings. The van der Waals surface area contributed by atoms with Crippen LogP contribution in [0.3, 0.4) is 0 Å². The Kier molecular flexibility index (Phi) is 13.2. The van der Waals surface area contributed by atoms with E-state index < -0.39 is 16.9 Å². The van der Waals surface area contributed by atoms with Gasteiger partial charge in [-0.25, -0.2) is 8.78 Å². The van der Waals surface area contributed by atoms with Crippen molar-refractivity contribution in [3.8, 4) is 5.75 Å². The van der Waals surface area contributed by atoms with Gasteiger partial charge in [-0.1, -0.05) is 67.5 Å². The first-order valence-corrected chi connectivity index (χ1v) is 17.4. The third-order valence-electron chi connectivity index (χ3n) is 7.41. The summed E-state index contributed by atoms with van der Waals surface area (Å²) in [5.41, 5.74) is 0.722. The van der Waals surface area contributed by atoms with E-state index >= 15 is 8.78 Å². The summed E-state index contributed by atoms with van der Waals surface area (Å²) in [6, 6.07) is 10.8. The molecule has 6 nitrogen and oxygen atoms in total. The predicted octanol–water partition coefficient (Wildman–Crippen LogP) is 8.84. The van der Waals surface area contributed by atoms with Crippen molar-refractivity contribution in [2.45, 2.75) is 87.9 Å². The van der Waals surface area contributed by atoms with Crippen LogP contribution in [0.5, 0.6) is 5.75 Å². The van der Waals surface area contributed by atoms with Gasteiger partial charge in [-0.2, -0.15) is 0 Å². The molecule has 0 aliphatic carbocycles. The van der Waals surface area contributed by atoms with E-state index in [-0.39, 0.29) is 36.2 Å². The quantitative estimate of drug-likeness (QED) is 0.0856. The van der Waals surface area contributed by atoms with E-state index in [1.165, 1.54) is 78.0 Å². The van der Waals surface area contributed by atoms with Crippen LogP contribution in [0.4, 0.5) is 14.5 Å². The van der Waals surface area contributed by atoms with E-state index in [2.05, 4.69) is 27.9 Å². The summed E-state index contributed by atoms with van der Waals surface area (Å²) >= 11 is 3.74. The minimum absolute atomic E-state index is 0.147. The maximum atomic E-state index is 15.1. The number of thioether (sulfide) groups is 1. The summed E-state index contributed by atoms with van der Waals surface area (Å²) in [6.07, 6.45) is 12.2. The fourth-order valence-corrected chi connectivity index (χ4v) is 6.64. The summed E-state index contributed by atoms with van der Waals surface area (Å²) in [5.74, 6) is -1.29. The fourth-order valence-electron chi connectivity index (χ4n) is 4.99. The maximum absolute atomic E-state index is 15.1. The van der Waals surface area contributed by atoms with Gasteiger partial charge in [0.2, 0.25) is 5.91 Å². The molecule has 2 heterocycles. The third-order valence-corrected chi connectivity index (χ3v) is 9.31. The molecule has 232 valence electrons. The SMILES string of the molecule is CC1Sc2cc(C(=O)NCc3ccco3)ccc2N(Cc2c(F)cc(OCCCCCCCCCCCI)cc2F)C1=O. The van der Waals surface area contributed by atoms with Gasteiger partial charge in [0, 0.05) is 28.2 Å². The molecule has 0 saturated heterocycles. The summed E-state index contributed by atoms with van der Waals surface area (Å²) in [6.45, 7) is 2.12. The van der Waals surface area contributed by atoms with Crippen LogP contribution in [0.2, 0.25) is 0 Å². The van der Waals surface area contributed by atoms with Crippen LogP contribution in [-0.2, 0) is 17.9 Å². The lowest BCUT2D eigenvalue weighted by molar-refractivity contribution is -0.118. The van der Waals surface area contributed by atoms with E-state index in [1.807, 2.05) is 0 Å². The molecule has 1 unspecified atom stereocenters. The minimum atomic E-state index is -0.758. The lowest BCUT2D eigenvalue weighted by Crippen LogP contribution is -2.39. The molecule has 43 heavy (non-hydrogen) atoms. The maximum Gasteiger partial charge on any atom is 0.251 e. The van der Waals surface area contributed by atoms with E-state index in [1.54, 1.807) is 37.3 Å². The molecule has 0 spiro atoms. The number of nitrogens with zero attached hydrogens (tertiary/aromatic N) is 1. The molecule has 0 fully saturated rings. The normalized spacial score (nSPS) is 14.6. The molecule has 0 saturated carbocycles. The summed E-state index contributed by atoms with van der Waals surface area (Å²) in [5, 5.41) is 2.32. The third kappa shape index (κ3) is 9.69. The molecule has 1 aromatic heterocycles. The fraction of sp³-hybridized carbons (Fsp3) is 0.455. The number of carbonyl (C=O) groups is 2. The number of carbonyl (C=O) groups excluding carboxylic acids is 2. The Morgan fingerprint density at radius 3 is 2.33 bits per heavy atom. The number of hydrogen-bond donors (Lipinski definition) is 1. The Balaban J connectivity index is 1.31. The van der Waals surface area contributed by atoms with Crippen molar-refractivity contribution in [3.05, 3.63) is 77.2 Å². The van der Waals surface area contributed by atoms with Crippen molar-refractivity contribution >= 4 is 51.9 Å². The molecule has 2 aromatic carbocycles. The Bertz CT molecular complexity index is 1330. The Morgan fingerprint density at radius 1 is 1.00 bits per heavy atom. The highest BCUT2D eigenvalue weighted by Gasteiger charge is 2.32. The number of amides is 2. The second-order valence-electron chi connectivity index (χ2n) is 10.7. The molecule has 4 rings (SSSR count). The largest absolute Gasteiger partial charge is 0.493 e. The van der Waals surface area contributed by atoms with Crippen LogP contribution >= 0.6 is 34.4 Å². The van der Waals surface area contributed by atoms with Gasteiger partial charge < -0.3 is 19.4 Å². The molecule has 0 radical (unpaired) electrons. The second-order valence-corrected chi connectivity index (χ2v) is 13.2.